The summed E-state index contributed by atoms with van der Waals surface area (Å²) < 4.78 is 27.6. The largest absolute Gasteiger partial charge is 0.468 e. The van der Waals surface area contributed by atoms with E-state index in [4.69, 9.17) is 9.56 Å². The van der Waals surface area contributed by atoms with Crippen LogP contribution >= 0.6 is 0 Å². The fraction of sp³-hybridized carbons (Fsp3) is 0.636. The van der Waals surface area contributed by atoms with Gasteiger partial charge in [0.2, 0.25) is 10.0 Å². The zero-order chi connectivity index (χ0) is 12.3. The molecule has 1 atom stereocenters. The highest BCUT2D eigenvalue weighted by atomic mass is 32.2. The lowest BCUT2D eigenvalue weighted by Gasteiger charge is -2.34. The highest BCUT2D eigenvalue weighted by molar-refractivity contribution is 7.89. The average Bonchev–Trinajstić information content (AvgIpc) is 2.71. The van der Waals surface area contributed by atoms with Crippen LogP contribution in [-0.2, 0) is 16.6 Å². The highest BCUT2D eigenvalue weighted by Crippen LogP contribution is 2.20. The minimum atomic E-state index is -3.41. The molecule has 1 aromatic heterocycles. The van der Waals surface area contributed by atoms with Gasteiger partial charge in [-0.15, -0.1) is 0 Å². The Morgan fingerprint density at radius 2 is 2.29 bits per heavy atom. The van der Waals surface area contributed by atoms with Gasteiger partial charge in [0.25, 0.3) is 0 Å². The minimum absolute atomic E-state index is 0.0175. The van der Waals surface area contributed by atoms with Crippen molar-refractivity contribution in [3.63, 3.8) is 0 Å². The van der Waals surface area contributed by atoms with Crippen LogP contribution in [0.4, 0.5) is 0 Å². The number of sulfonamides is 1. The van der Waals surface area contributed by atoms with Gasteiger partial charge in [0, 0.05) is 6.04 Å². The molecule has 5 nitrogen and oxygen atoms in total. The van der Waals surface area contributed by atoms with Crippen LogP contribution in [0.15, 0.2) is 22.8 Å². The van der Waals surface area contributed by atoms with Crippen LogP contribution in [0.25, 0.3) is 0 Å². The van der Waals surface area contributed by atoms with Crippen LogP contribution in [0.5, 0.6) is 0 Å². The summed E-state index contributed by atoms with van der Waals surface area (Å²) in [5, 5.41) is 5.12. The van der Waals surface area contributed by atoms with E-state index in [1.54, 1.807) is 6.26 Å². The van der Waals surface area contributed by atoms with E-state index in [1.165, 1.54) is 0 Å². The van der Waals surface area contributed by atoms with Crippen molar-refractivity contribution < 1.29 is 12.8 Å². The predicted octanol–water partition coefficient (Wildman–Crippen LogP) is 0.923. The Kier molecular flexibility index (Phi) is 3.86. The molecular formula is C11H18N2O3S. The molecule has 17 heavy (non-hydrogen) atoms. The monoisotopic (exact) mass is 258 g/mol. The van der Waals surface area contributed by atoms with Gasteiger partial charge in [-0.2, -0.15) is 0 Å². The van der Waals surface area contributed by atoms with Crippen LogP contribution < -0.4 is 5.14 Å². The first kappa shape index (κ1) is 12.6. The summed E-state index contributed by atoms with van der Waals surface area (Å²) in [5.74, 6) is 0.902. The quantitative estimate of drug-likeness (QED) is 0.871. The SMILES string of the molecule is NS(=O)(=O)CC1CCCCN1Cc1ccco1. The average molecular weight is 258 g/mol. The molecular weight excluding hydrogens is 240 g/mol. The Hall–Kier alpha value is -0.850. The lowest BCUT2D eigenvalue weighted by Crippen LogP contribution is -2.44. The summed E-state index contributed by atoms with van der Waals surface area (Å²) in [5.41, 5.74) is 0. The van der Waals surface area contributed by atoms with Gasteiger partial charge >= 0.3 is 0 Å². The first-order chi connectivity index (χ1) is 8.04. The normalized spacial score (nSPS) is 22.8. The van der Waals surface area contributed by atoms with Gasteiger partial charge < -0.3 is 4.42 Å². The maximum atomic E-state index is 11.2. The summed E-state index contributed by atoms with van der Waals surface area (Å²) in [6, 6.07) is 3.76. The number of likely N-dealkylation sites (tertiary alicyclic amines) is 1. The Morgan fingerprint density at radius 3 is 2.94 bits per heavy atom. The topological polar surface area (TPSA) is 76.5 Å². The van der Waals surface area contributed by atoms with Gasteiger partial charge in [-0.3, -0.25) is 4.90 Å². The zero-order valence-electron chi connectivity index (χ0n) is 9.71. The van der Waals surface area contributed by atoms with Crippen molar-refractivity contribution in [1.29, 1.82) is 0 Å². The van der Waals surface area contributed by atoms with Crippen LogP contribution in [0.3, 0.4) is 0 Å². The van der Waals surface area contributed by atoms with Crippen molar-refractivity contribution >= 4 is 10.0 Å². The molecule has 96 valence electrons. The third-order valence-corrected chi connectivity index (χ3v) is 3.96. The molecule has 0 spiro atoms. The van der Waals surface area contributed by atoms with E-state index in [0.29, 0.717) is 6.54 Å². The first-order valence-electron chi connectivity index (χ1n) is 5.81. The molecule has 0 saturated carbocycles. The number of piperidine rings is 1. The summed E-state index contributed by atoms with van der Waals surface area (Å²) in [4.78, 5) is 2.15. The van der Waals surface area contributed by atoms with E-state index in [9.17, 15) is 8.42 Å². The van der Waals surface area contributed by atoms with Gasteiger partial charge in [0.15, 0.2) is 0 Å². The Balaban J connectivity index is 2.02. The van der Waals surface area contributed by atoms with Crippen molar-refractivity contribution in [1.82, 2.24) is 4.90 Å². The predicted molar refractivity (Wildman–Crippen MR) is 64.7 cm³/mol. The molecule has 2 heterocycles. The molecule has 2 N–H and O–H groups in total. The maximum absolute atomic E-state index is 11.2. The molecule has 1 saturated heterocycles. The molecule has 0 bridgehead atoms. The van der Waals surface area contributed by atoms with Crippen molar-refractivity contribution in [2.24, 2.45) is 5.14 Å². The number of primary sulfonamides is 1. The third-order valence-electron chi connectivity index (χ3n) is 3.11. The van der Waals surface area contributed by atoms with Crippen LogP contribution in [0.2, 0.25) is 0 Å². The standard InChI is InChI=1S/C11H18N2O3S/c12-17(14,15)9-10-4-1-2-6-13(10)8-11-5-3-7-16-11/h3,5,7,10H,1-2,4,6,8-9H2,(H2,12,14,15). The molecule has 2 rings (SSSR count). The number of rotatable bonds is 4. The molecule has 0 amide bonds. The van der Waals surface area contributed by atoms with E-state index in [1.807, 2.05) is 12.1 Å². The van der Waals surface area contributed by atoms with Crippen LogP contribution in [0, 0.1) is 0 Å². The van der Waals surface area contributed by atoms with E-state index in [-0.39, 0.29) is 11.8 Å². The molecule has 1 unspecified atom stereocenters. The molecule has 0 radical (unpaired) electrons. The third kappa shape index (κ3) is 3.83. The van der Waals surface area contributed by atoms with E-state index < -0.39 is 10.0 Å². The van der Waals surface area contributed by atoms with Gasteiger partial charge in [-0.25, -0.2) is 13.6 Å². The van der Waals surface area contributed by atoms with Gasteiger partial charge in [-0.05, 0) is 31.5 Å². The Labute approximate surface area is 102 Å². The first-order valence-corrected chi connectivity index (χ1v) is 7.53. The molecule has 0 aromatic carbocycles. The fourth-order valence-electron chi connectivity index (χ4n) is 2.33. The fourth-order valence-corrected chi connectivity index (χ4v) is 3.24. The minimum Gasteiger partial charge on any atom is -0.468 e. The molecule has 6 heteroatoms. The molecule has 0 aliphatic carbocycles. The summed E-state index contributed by atoms with van der Waals surface area (Å²) in [6.07, 6.45) is 4.68. The molecule has 1 aliphatic rings. The van der Waals surface area contributed by atoms with E-state index in [0.717, 1.165) is 31.6 Å². The smallest absolute Gasteiger partial charge is 0.210 e. The number of nitrogens with two attached hydrogens (primary N) is 1. The second kappa shape index (κ2) is 5.20. The van der Waals surface area contributed by atoms with Gasteiger partial charge in [-0.1, -0.05) is 6.42 Å². The Bertz CT molecular complexity index is 441. The number of hydrogen-bond donors (Lipinski definition) is 1. The number of furan rings is 1. The van der Waals surface area contributed by atoms with Crippen molar-refractivity contribution in [2.45, 2.75) is 31.8 Å². The molecule has 1 aromatic rings. The lowest BCUT2D eigenvalue weighted by molar-refractivity contribution is 0.143. The van der Waals surface area contributed by atoms with Gasteiger partial charge in [0.05, 0.1) is 18.6 Å². The zero-order valence-corrected chi connectivity index (χ0v) is 10.5. The van der Waals surface area contributed by atoms with Crippen molar-refractivity contribution in [2.75, 3.05) is 12.3 Å². The van der Waals surface area contributed by atoms with Gasteiger partial charge in [0.1, 0.15) is 5.76 Å². The van der Waals surface area contributed by atoms with Crippen molar-refractivity contribution in [3.8, 4) is 0 Å². The Morgan fingerprint density at radius 1 is 1.47 bits per heavy atom. The lowest BCUT2D eigenvalue weighted by atomic mass is 10.0. The second-order valence-corrected chi connectivity index (χ2v) is 6.19. The maximum Gasteiger partial charge on any atom is 0.210 e. The van der Waals surface area contributed by atoms with E-state index >= 15 is 0 Å². The van der Waals surface area contributed by atoms with Crippen LogP contribution in [0.1, 0.15) is 25.0 Å². The summed E-state index contributed by atoms with van der Waals surface area (Å²) >= 11 is 0. The van der Waals surface area contributed by atoms with Crippen LogP contribution in [-0.4, -0.2) is 31.7 Å². The number of nitrogens with zero attached hydrogens (tertiary/aromatic N) is 1. The van der Waals surface area contributed by atoms with E-state index in [2.05, 4.69) is 4.90 Å². The summed E-state index contributed by atoms with van der Waals surface area (Å²) in [7, 11) is -3.41. The summed E-state index contributed by atoms with van der Waals surface area (Å²) in [6.45, 7) is 1.56. The molecule has 1 fully saturated rings. The van der Waals surface area contributed by atoms with Crippen molar-refractivity contribution in [3.05, 3.63) is 24.2 Å². The number of hydrogen-bond acceptors (Lipinski definition) is 4. The highest BCUT2D eigenvalue weighted by Gasteiger charge is 2.26. The second-order valence-electron chi connectivity index (χ2n) is 4.53. The molecule has 1 aliphatic heterocycles.